The molecule has 0 saturated heterocycles. The SMILES string of the molecule is NC(c1cc(F)cc(F)c1)c1cc(F)c(Br)cc1F. The van der Waals surface area contributed by atoms with Gasteiger partial charge in [0.2, 0.25) is 0 Å². The van der Waals surface area contributed by atoms with E-state index in [9.17, 15) is 17.6 Å². The normalized spacial score (nSPS) is 12.5. The first-order chi connectivity index (χ1) is 8.88. The highest BCUT2D eigenvalue weighted by Crippen LogP contribution is 2.27. The van der Waals surface area contributed by atoms with Crippen LogP contribution in [0.4, 0.5) is 17.6 Å². The number of benzene rings is 2. The number of rotatable bonds is 2. The predicted octanol–water partition coefficient (Wildman–Crippen LogP) is 4.05. The van der Waals surface area contributed by atoms with E-state index < -0.39 is 29.3 Å². The van der Waals surface area contributed by atoms with E-state index in [1.165, 1.54) is 0 Å². The van der Waals surface area contributed by atoms with E-state index in [4.69, 9.17) is 5.73 Å². The molecule has 0 fully saturated rings. The van der Waals surface area contributed by atoms with Crippen LogP contribution < -0.4 is 5.73 Å². The molecule has 2 N–H and O–H groups in total. The van der Waals surface area contributed by atoms with E-state index in [1.54, 1.807) is 0 Å². The first kappa shape index (κ1) is 14.0. The molecule has 0 radical (unpaired) electrons. The molecule has 0 heterocycles. The standard InChI is InChI=1S/C13H8BrF4N/c14-10-5-11(17)9(4-12(10)18)13(19)6-1-7(15)3-8(16)2-6/h1-5,13H,19H2. The number of hydrogen-bond donors (Lipinski definition) is 1. The van der Waals surface area contributed by atoms with E-state index in [2.05, 4.69) is 15.9 Å². The van der Waals surface area contributed by atoms with Crippen molar-refractivity contribution in [3.8, 4) is 0 Å². The zero-order chi connectivity index (χ0) is 14.2. The second-order valence-electron chi connectivity index (χ2n) is 3.97. The number of halogens is 5. The van der Waals surface area contributed by atoms with Gasteiger partial charge >= 0.3 is 0 Å². The first-order valence-electron chi connectivity index (χ1n) is 5.24. The van der Waals surface area contributed by atoms with Crippen LogP contribution in [0.5, 0.6) is 0 Å². The molecule has 1 nitrogen and oxygen atoms in total. The monoisotopic (exact) mass is 333 g/mol. The van der Waals surface area contributed by atoms with Crippen LogP contribution in [0.1, 0.15) is 17.2 Å². The third-order valence-corrected chi connectivity index (χ3v) is 3.23. The molecule has 0 aromatic heterocycles. The molecule has 1 atom stereocenters. The summed E-state index contributed by atoms with van der Waals surface area (Å²) in [4.78, 5) is 0. The van der Waals surface area contributed by atoms with Gasteiger partial charge in [-0.25, -0.2) is 17.6 Å². The van der Waals surface area contributed by atoms with Crippen molar-refractivity contribution in [2.45, 2.75) is 6.04 Å². The quantitative estimate of drug-likeness (QED) is 0.651. The van der Waals surface area contributed by atoms with Gasteiger partial charge in [0.15, 0.2) is 0 Å². The fourth-order valence-electron chi connectivity index (χ4n) is 1.71. The van der Waals surface area contributed by atoms with Crippen LogP contribution in [0.2, 0.25) is 0 Å². The molecule has 0 aliphatic heterocycles. The zero-order valence-electron chi connectivity index (χ0n) is 9.43. The van der Waals surface area contributed by atoms with E-state index in [0.29, 0.717) is 6.07 Å². The van der Waals surface area contributed by atoms with Gasteiger partial charge in [-0.3, -0.25) is 0 Å². The minimum atomic E-state index is -1.16. The summed E-state index contributed by atoms with van der Waals surface area (Å²) in [6, 6.07) is 3.29. The Balaban J connectivity index is 2.49. The van der Waals surface area contributed by atoms with Crippen LogP contribution >= 0.6 is 15.9 Å². The Bertz CT molecular complexity index is 610. The molecular formula is C13H8BrF4N. The lowest BCUT2D eigenvalue weighted by Crippen LogP contribution is -2.14. The molecule has 0 saturated carbocycles. The number of nitrogens with two attached hydrogens (primary N) is 1. The van der Waals surface area contributed by atoms with Gasteiger partial charge < -0.3 is 5.73 Å². The van der Waals surface area contributed by atoms with Crippen LogP contribution in [0.25, 0.3) is 0 Å². The van der Waals surface area contributed by atoms with Gasteiger partial charge in [-0.05, 0) is 45.8 Å². The average molecular weight is 334 g/mol. The number of hydrogen-bond acceptors (Lipinski definition) is 1. The van der Waals surface area contributed by atoms with Crippen LogP contribution in [-0.2, 0) is 0 Å². The van der Waals surface area contributed by atoms with Crippen molar-refractivity contribution in [3.63, 3.8) is 0 Å². The minimum Gasteiger partial charge on any atom is -0.320 e. The molecule has 1 unspecified atom stereocenters. The van der Waals surface area contributed by atoms with Crippen molar-refractivity contribution in [1.29, 1.82) is 0 Å². The lowest BCUT2D eigenvalue weighted by Gasteiger charge is -2.14. The first-order valence-corrected chi connectivity index (χ1v) is 6.04. The highest BCUT2D eigenvalue weighted by atomic mass is 79.9. The largest absolute Gasteiger partial charge is 0.320 e. The molecule has 0 aliphatic rings. The fraction of sp³-hybridized carbons (Fsp3) is 0.0769. The fourth-order valence-corrected chi connectivity index (χ4v) is 2.03. The molecule has 19 heavy (non-hydrogen) atoms. The van der Waals surface area contributed by atoms with E-state index in [1.807, 2.05) is 0 Å². The van der Waals surface area contributed by atoms with Crippen LogP contribution in [0.3, 0.4) is 0 Å². The third-order valence-electron chi connectivity index (χ3n) is 2.62. The van der Waals surface area contributed by atoms with Crippen molar-refractivity contribution in [2.75, 3.05) is 0 Å². The predicted molar refractivity (Wildman–Crippen MR) is 66.4 cm³/mol. The van der Waals surface area contributed by atoms with Crippen LogP contribution in [-0.4, -0.2) is 0 Å². The maximum atomic E-state index is 13.7. The molecule has 0 spiro atoms. The maximum absolute atomic E-state index is 13.7. The Morgan fingerprint density at radius 2 is 1.42 bits per heavy atom. The summed E-state index contributed by atoms with van der Waals surface area (Å²) < 4.78 is 53.2. The van der Waals surface area contributed by atoms with Crippen molar-refractivity contribution in [2.24, 2.45) is 5.73 Å². The van der Waals surface area contributed by atoms with E-state index in [-0.39, 0.29) is 15.6 Å². The maximum Gasteiger partial charge on any atom is 0.137 e. The van der Waals surface area contributed by atoms with Gasteiger partial charge in [0.05, 0.1) is 10.5 Å². The second-order valence-corrected chi connectivity index (χ2v) is 4.82. The van der Waals surface area contributed by atoms with Gasteiger partial charge in [-0.1, -0.05) is 0 Å². The minimum absolute atomic E-state index is 0.0260. The van der Waals surface area contributed by atoms with Gasteiger partial charge in [-0.15, -0.1) is 0 Å². The smallest absolute Gasteiger partial charge is 0.137 e. The van der Waals surface area contributed by atoms with E-state index >= 15 is 0 Å². The Hall–Kier alpha value is -1.40. The molecule has 0 aliphatic carbocycles. The molecule has 0 amide bonds. The average Bonchev–Trinajstić information content (AvgIpc) is 2.31. The summed E-state index contributed by atoms with van der Waals surface area (Å²) in [6.45, 7) is 0. The van der Waals surface area contributed by atoms with E-state index in [0.717, 1.165) is 24.3 Å². The van der Waals surface area contributed by atoms with Crippen LogP contribution in [0.15, 0.2) is 34.8 Å². The Kier molecular flexibility index (Phi) is 3.91. The van der Waals surface area contributed by atoms with Gasteiger partial charge in [-0.2, -0.15) is 0 Å². The Morgan fingerprint density at radius 3 is 2.00 bits per heavy atom. The van der Waals surface area contributed by atoms with Crippen molar-refractivity contribution >= 4 is 15.9 Å². The molecular weight excluding hydrogens is 326 g/mol. The van der Waals surface area contributed by atoms with Gasteiger partial charge in [0.1, 0.15) is 23.3 Å². The molecule has 2 aromatic rings. The highest BCUT2D eigenvalue weighted by Gasteiger charge is 2.17. The van der Waals surface area contributed by atoms with Crippen molar-refractivity contribution < 1.29 is 17.6 Å². The summed E-state index contributed by atoms with van der Waals surface area (Å²) in [5.74, 6) is -3.12. The third kappa shape index (κ3) is 2.96. The summed E-state index contributed by atoms with van der Waals surface area (Å²) in [5.41, 5.74) is 5.57. The molecule has 2 rings (SSSR count). The summed E-state index contributed by atoms with van der Waals surface area (Å²) in [7, 11) is 0. The molecule has 6 heteroatoms. The van der Waals surface area contributed by atoms with Crippen molar-refractivity contribution in [1.82, 2.24) is 0 Å². The summed E-state index contributed by atoms with van der Waals surface area (Å²) in [6.07, 6.45) is 0. The van der Waals surface area contributed by atoms with Crippen molar-refractivity contribution in [3.05, 3.63) is 69.2 Å². The molecule has 100 valence electrons. The van der Waals surface area contributed by atoms with Crippen LogP contribution in [0, 0.1) is 23.3 Å². The summed E-state index contributed by atoms with van der Waals surface area (Å²) in [5, 5.41) is 0. The molecule has 0 bridgehead atoms. The Labute approximate surface area is 115 Å². The summed E-state index contributed by atoms with van der Waals surface area (Å²) >= 11 is 2.83. The topological polar surface area (TPSA) is 26.0 Å². The highest BCUT2D eigenvalue weighted by molar-refractivity contribution is 9.10. The van der Waals surface area contributed by atoms with Gasteiger partial charge in [0, 0.05) is 11.6 Å². The zero-order valence-corrected chi connectivity index (χ0v) is 11.0. The Morgan fingerprint density at radius 1 is 0.842 bits per heavy atom. The van der Waals surface area contributed by atoms with Gasteiger partial charge in [0.25, 0.3) is 0 Å². The lowest BCUT2D eigenvalue weighted by molar-refractivity contribution is 0.563. The molecule has 2 aromatic carbocycles. The second kappa shape index (κ2) is 5.30. The lowest BCUT2D eigenvalue weighted by atomic mass is 9.99.